The number of esters is 1. The number of rotatable bonds is 2. The van der Waals surface area contributed by atoms with Crippen molar-refractivity contribution in [2.75, 3.05) is 0 Å². The summed E-state index contributed by atoms with van der Waals surface area (Å²) < 4.78 is 11.0. The highest BCUT2D eigenvalue weighted by Gasteiger charge is 2.62. The summed E-state index contributed by atoms with van der Waals surface area (Å²) in [7, 11) is 0. The lowest BCUT2D eigenvalue weighted by atomic mass is 9.70. The highest BCUT2D eigenvalue weighted by Crippen LogP contribution is 2.66. The van der Waals surface area contributed by atoms with Gasteiger partial charge in [0.2, 0.25) is 0 Å². The molecule has 2 aliphatic carbocycles. The van der Waals surface area contributed by atoms with Crippen molar-refractivity contribution in [3.05, 3.63) is 23.7 Å². The van der Waals surface area contributed by atoms with Crippen molar-refractivity contribution in [2.24, 2.45) is 16.7 Å². The molecule has 1 heterocycles. The predicted octanol–water partition coefficient (Wildman–Crippen LogP) is 3.96. The number of fused-ring (bicyclic) bond motifs is 2. The maximum atomic E-state index is 12.2. The van der Waals surface area contributed by atoms with Crippen LogP contribution in [0.25, 0.3) is 0 Å². The Hall–Kier alpha value is -1.25. The van der Waals surface area contributed by atoms with Crippen LogP contribution in [0.4, 0.5) is 0 Å². The maximum absolute atomic E-state index is 12.2. The van der Waals surface area contributed by atoms with Gasteiger partial charge in [-0.15, -0.1) is 0 Å². The first kappa shape index (κ1) is 12.8. The second-order valence-corrected chi connectivity index (χ2v) is 6.89. The number of aryl methyl sites for hydroxylation is 1. The molecule has 0 aliphatic heterocycles. The van der Waals surface area contributed by atoms with Crippen LogP contribution < -0.4 is 0 Å². The third kappa shape index (κ3) is 1.60. The first-order valence-corrected chi connectivity index (χ1v) is 7.11. The van der Waals surface area contributed by atoms with E-state index >= 15 is 0 Å². The largest absolute Gasteiger partial charge is 0.469 e. The molecule has 0 N–H and O–H groups in total. The Morgan fingerprint density at radius 3 is 2.63 bits per heavy atom. The minimum atomic E-state index is -0.235. The van der Waals surface area contributed by atoms with Gasteiger partial charge >= 0.3 is 5.97 Å². The van der Waals surface area contributed by atoms with Crippen molar-refractivity contribution in [2.45, 2.75) is 53.1 Å². The molecule has 0 saturated heterocycles. The molecular weight excluding hydrogens is 240 g/mol. The van der Waals surface area contributed by atoms with E-state index in [2.05, 4.69) is 20.8 Å². The SMILES string of the molecule is Cc1occc1C(=O)OC1CC2CCC1(C)C2(C)C. The topological polar surface area (TPSA) is 39.4 Å². The molecule has 0 radical (unpaired) electrons. The Kier molecular flexibility index (Phi) is 2.60. The van der Waals surface area contributed by atoms with E-state index in [-0.39, 0.29) is 22.9 Å². The fraction of sp³-hybridized carbons (Fsp3) is 0.688. The van der Waals surface area contributed by atoms with Crippen molar-refractivity contribution in [1.82, 2.24) is 0 Å². The van der Waals surface area contributed by atoms with Crippen LogP contribution in [0.2, 0.25) is 0 Å². The molecule has 1 aromatic heterocycles. The summed E-state index contributed by atoms with van der Waals surface area (Å²) in [4.78, 5) is 12.2. The number of ether oxygens (including phenoxy) is 1. The minimum absolute atomic E-state index is 0.0445. The highest BCUT2D eigenvalue weighted by atomic mass is 16.5. The molecule has 0 amide bonds. The van der Waals surface area contributed by atoms with Crippen molar-refractivity contribution in [1.29, 1.82) is 0 Å². The first-order valence-electron chi connectivity index (χ1n) is 7.11. The van der Waals surface area contributed by atoms with E-state index in [0.29, 0.717) is 17.2 Å². The molecule has 3 nitrogen and oxygen atoms in total. The molecule has 3 unspecified atom stereocenters. The van der Waals surface area contributed by atoms with E-state index in [1.54, 1.807) is 19.3 Å². The van der Waals surface area contributed by atoms with Gasteiger partial charge in [-0.3, -0.25) is 0 Å². The summed E-state index contributed by atoms with van der Waals surface area (Å²) in [6.07, 6.45) is 5.02. The first-order chi connectivity index (χ1) is 8.86. The van der Waals surface area contributed by atoms with Crippen LogP contribution in [0.15, 0.2) is 16.7 Å². The minimum Gasteiger partial charge on any atom is -0.469 e. The summed E-state index contributed by atoms with van der Waals surface area (Å²) >= 11 is 0. The van der Waals surface area contributed by atoms with Crippen molar-refractivity contribution in [3.63, 3.8) is 0 Å². The Morgan fingerprint density at radius 2 is 2.16 bits per heavy atom. The monoisotopic (exact) mass is 262 g/mol. The van der Waals surface area contributed by atoms with Gasteiger partial charge in [-0.1, -0.05) is 20.8 Å². The number of hydrogen-bond donors (Lipinski definition) is 0. The van der Waals surface area contributed by atoms with E-state index in [1.165, 1.54) is 6.42 Å². The van der Waals surface area contributed by atoms with Gasteiger partial charge < -0.3 is 9.15 Å². The van der Waals surface area contributed by atoms with Crippen LogP contribution in [-0.2, 0) is 4.74 Å². The highest BCUT2D eigenvalue weighted by molar-refractivity contribution is 5.90. The summed E-state index contributed by atoms with van der Waals surface area (Å²) in [6.45, 7) is 8.71. The molecular formula is C16H22O3. The molecule has 3 heteroatoms. The lowest BCUT2D eigenvalue weighted by molar-refractivity contribution is -0.0243. The Morgan fingerprint density at radius 1 is 1.42 bits per heavy atom. The third-order valence-corrected chi connectivity index (χ3v) is 6.04. The van der Waals surface area contributed by atoms with Gasteiger partial charge in [0.25, 0.3) is 0 Å². The van der Waals surface area contributed by atoms with Gasteiger partial charge in [0, 0.05) is 5.41 Å². The Bertz CT molecular complexity index is 514. The van der Waals surface area contributed by atoms with E-state index < -0.39 is 0 Å². The van der Waals surface area contributed by atoms with Crippen LogP contribution in [0, 0.1) is 23.7 Å². The lowest BCUT2D eigenvalue weighted by Gasteiger charge is -2.38. The van der Waals surface area contributed by atoms with Gasteiger partial charge in [0.05, 0.1) is 6.26 Å². The molecule has 1 aromatic rings. The van der Waals surface area contributed by atoms with Gasteiger partial charge in [0.15, 0.2) is 0 Å². The number of furan rings is 1. The van der Waals surface area contributed by atoms with E-state index in [1.807, 2.05) is 0 Å². The van der Waals surface area contributed by atoms with Crippen LogP contribution in [0.5, 0.6) is 0 Å². The smallest absolute Gasteiger partial charge is 0.341 e. The zero-order valence-corrected chi connectivity index (χ0v) is 12.2. The number of carbonyl (C=O) groups excluding carboxylic acids is 1. The molecule has 2 saturated carbocycles. The van der Waals surface area contributed by atoms with Crippen LogP contribution in [0.1, 0.15) is 56.2 Å². The van der Waals surface area contributed by atoms with Crippen molar-refractivity contribution < 1.29 is 13.9 Å². The fourth-order valence-corrected chi connectivity index (χ4v) is 4.10. The number of hydrogen-bond acceptors (Lipinski definition) is 3. The molecule has 19 heavy (non-hydrogen) atoms. The molecule has 2 bridgehead atoms. The molecule has 3 atom stereocenters. The summed E-state index contributed by atoms with van der Waals surface area (Å²) in [5, 5.41) is 0. The fourth-order valence-electron chi connectivity index (χ4n) is 4.10. The van der Waals surface area contributed by atoms with Gasteiger partial charge in [0.1, 0.15) is 17.4 Å². The van der Waals surface area contributed by atoms with E-state index in [4.69, 9.17) is 9.15 Å². The molecule has 2 fully saturated rings. The van der Waals surface area contributed by atoms with Gasteiger partial charge in [-0.25, -0.2) is 4.79 Å². The standard InChI is InChI=1S/C16H22O3/c1-10-12(6-8-18-10)14(17)19-13-9-11-5-7-16(13,4)15(11,2)3/h6,8,11,13H,5,7,9H2,1-4H3. The second-order valence-electron chi connectivity index (χ2n) is 6.89. The average molecular weight is 262 g/mol. The van der Waals surface area contributed by atoms with E-state index in [9.17, 15) is 4.79 Å². The molecule has 2 aliphatic rings. The Balaban J connectivity index is 1.79. The van der Waals surface area contributed by atoms with Crippen LogP contribution >= 0.6 is 0 Å². The summed E-state index contributed by atoms with van der Waals surface area (Å²) in [6, 6.07) is 1.69. The van der Waals surface area contributed by atoms with E-state index in [0.717, 1.165) is 12.8 Å². The lowest BCUT2D eigenvalue weighted by Crippen LogP contribution is -2.38. The zero-order chi connectivity index (χ0) is 13.8. The zero-order valence-electron chi connectivity index (χ0n) is 12.2. The molecule has 3 rings (SSSR count). The van der Waals surface area contributed by atoms with Crippen molar-refractivity contribution in [3.8, 4) is 0 Å². The second kappa shape index (κ2) is 3.87. The average Bonchev–Trinajstić information content (AvgIpc) is 2.90. The quantitative estimate of drug-likeness (QED) is 0.757. The summed E-state index contributed by atoms with van der Waals surface area (Å²) in [5.41, 5.74) is 0.943. The summed E-state index contributed by atoms with van der Waals surface area (Å²) in [5.74, 6) is 1.08. The van der Waals surface area contributed by atoms with Crippen molar-refractivity contribution >= 4 is 5.97 Å². The molecule has 0 spiro atoms. The van der Waals surface area contributed by atoms with Gasteiger partial charge in [-0.05, 0) is 43.6 Å². The van der Waals surface area contributed by atoms with Crippen LogP contribution in [0.3, 0.4) is 0 Å². The third-order valence-electron chi connectivity index (χ3n) is 6.04. The maximum Gasteiger partial charge on any atom is 0.341 e. The Labute approximate surface area is 114 Å². The molecule has 104 valence electrons. The number of carbonyl (C=O) groups is 1. The normalized spacial score (nSPS) is 35.6. The van der Waals surface area contributed by atoms with Crippen LogP contribution in [-0.4, -0.2) is 12.1 Å². The molecule has 0 aromatic carbocycles. The predicted molar refractivity (Wildman–Crippen MR) is 71.9 cm³/mol. The van der Waals surface area contributed by atoms with Gasteiger partial charge in [-0.2, -0.15) is 0 Å².